The topological polar surface area (TPSA) is 103 Å². The van der Waals surface area contributed by atoms with E-state index in [1.54, 1.807) is 36.8 Å². The lowest BCUT2D eigenvalue weighted by Gasteiger charge is -2.11. The molecule has 3 rings (SSSR count). The third-order valence-electron chi connectivity index (χ3n) is 4.19. The predicted molar refractivity (Wildman–Crippen MR) is 111 cm³/mol. The summed E-state index contributed by atoms with van der Waals surface area (Å²) >= 11 is 0. The van der Waals surface area contributed by atoms with Gasteiger partial charge in [0.1, 0.15) is 12.4 Å². The van der Waals surface area contributed by atoms with Gasteiger partial charge in [-0.1, -0.05) is 12.1 Å². The quantitative estimate of drug-likeness (QED) is 0.414. The summed E-state index contributed by atoms with van der Waals surface area (Å²) in [5, 5.41) is 2.87. The second-order valence-corrected chi connectivity index (χ2v) is 6.52. The number of imidazole rings is 1. The number of amides is 1. The Balaban J connectivity index is 1.54. The molecule has 0 aliphatic heterocycles. The minimum Gasteiger partial charge on any atom is -0.493 e. The Morgan fingerprint density at radius 3 is 2.73 bits per heavy atom. The van der Waals surface area contributed by atoms with Crippen molar-refractivity contribution in [3.05, 3.63) is 66.2 Å². The lowest BCUT2D eigenvalue weighted by molar-refractivity contribution is -0.132. The van der Waals surface area contributed by atoms with Crippen molar-refractivity contribution in [1.82, 2.24) is 9.97 Å². The van der Waals surface area contributed by atoms with Gasteiger partial charge in [-0.05, 0) is 36.2 Å². The number of nitrogens with zero attached hydrogens (tertiary/aromatic N) is 1. The standard InChI is InChI=1S/C22H23N3O5/c1-15(26)30-21-10-16(6-8-20(21)28-2)7-9-22(27)25-17-4-3-5-19(11-17)29-13-18-12-23-14-24-18/h3-6,8,10-12,14H,7,9,13H2,1-2H3,(H,23,24)(H,25,27). The van der Waals surface area contributed by atoms with Crippen LogP contribution in [-0.2, 0) is 22.6 Å². The van der Waals surface area contributed by atoms with E-state index in [0.29, 0.717) is 36.0 Å². The summed E-state index contributed by atoms with van der Waals surface area (Å²) in [6.45, 7) is 1.69. The first kappa shape index (κ1) is 20.9. The molecule has 0 saturated carbocycles. The Morgan fingerprint density at radius 2 is 2.00 bits per heavy atom. The summed E-state index contributed by atoms with van der Waals surface area (Å²) in [5.74, 6) is 0.877. The highest BCUT2D eigenvalue weighted by Crippen LogP contribution is 2.28. The van der Waals surface area contributed by atoms with E-state index in [1.807, 2.05) is 18.2 Å². The molecule has 0 spiro atoms. The first-order valence-electron chi connectivity index (χ1n) is 9.39. The normalized spacial score (nSPS) is 10.3. The molecule has 1 amide bonds. The number of esters is 1. The lowest BCUT2D eigenvalue weighted by atomic mass is 10.1. The molecule has 0 radical (unpaired) electrons. The zero-order chi connectivity index (χ0) is 21.3. The molecule has 0 aliphatic rings. The van der Waals surface area contributed by atoms with Crippen molar-refractivity contribution >= 4 is 17.6 Å². The molecule has 30 heavy (non-hydrogen) atoms. The van der Waals surface area contributed by atoms with Crippen LogP contribution in [0.15, 0.2) is 55.0 Å². The van der Waals surface area contributed by atoms with Gasteiger partial charge in [-0.25, -0.2) is 4.98 Å². The minimum atomic E-state index is -0.433. The van der Waals surface area contributed by atoms with Crippen LogP contribution in [0.4, 0.5) is 5.69 Å². The average molecular weight is 409 g/mol. The van der Waals surface area contributed by atoms with Crippen molar-refractivity contribution < 1.29 is 23.8 Å². The van der Waals surface area contributed by atoms with Crippen LogP contribution in [0, 0.1) is 0 Å². The molecule has 3 aromatic rings. The van der Waals surface area contributed by atoms with Crippen LogP contribution >= 0.6 is 0 Å². The van der Waals surface area contributed by atoms with Crippen LogP contribution in [-0.4, -0.2) is 29.0 Å². The van der Waals surface area contributed by atoms with Crippen molar-refractivity contribution in [3.8, 4) is 17.2 Å². The van der Waals surface area contributed by atoms with Crippen LogP contribution in [0.25, 0.3) is 0 Å². The molecule has 2 N–H and O–H groups in total. The number of aryl methyl sites for hydroxylation is 1. The molecule has 8 nitrogen and oxygen atoms in total. The van der Waals surface area contributed by atoms with Crippen LogP contribution < -0.4 is 19.5 Å². The van der Waals surface area contributed by atoms with E-state index in [9.17, 15) is 9.59 Å². The van der Waals surface area contributed by atoms with Gasteiger partial charge < -0.3 is 24.5 Å². The van der Waals surface area contributed by atoms with E-state index >= 15 is 0 Å². The van der Waals surface area contributed by atoms with Gasteiger partial charge in [-0.3, -0.25) is 9.59 Å². The number of aromatic amines is 1. The number of benzene rings is 2. The number of hydrogen-bond acceptors (Lipinski definition) is 6. The summed E-state index contributed by atoms with van der Waals surface area (Å²) in [4.78, 5) is 30.5. The minimum absolute atomic E-state index is 0.134. The molecule has 1 heterocycles. The molecule has 0 saturated heterocycles. The molecular formula is C22H23N3O5. The number of aromatic nitrogens is 2. The van der Waals surface area contributed by atoms with Crippen molar-refractivity contribution in [2.45, 2.75) is 26.4 Å². The molecule has 8 heteroatoms. The molecule has 0 atom stereocenters. The highest BCUT2D eigenvalue weighted by Gasteiger charge is 2.10. The average Bonchev–Trinajstić information content (AvgIpc) is 3.24. The number of ether oxygens (including phenoxy) is 3. The summed E-state index contributed by atoms with van der Waals surface area (Å²) < 4.78 is 16.0. The fourth-order valence-corrected chi connectivity index (χ4v) is 2.78. The molecule has 0 fully saturated rings. The van der Waals surface area contributed by atoms with Crippen molar-refractivity contribution in [2.75, 3.05) is 12.4 Å². The smallest absolute Gasteiger partial charge is 0.308 e. The number of carbonyl (C=O) groups is 2. The molecule has 0 aliphatic carbocycles. The lowest BCUT2D eigenvalue weighted by Crippen LogP contribution is -2.12. The molecule has 156 valence electrons. The molecule has 2 aromatic carbocycles. The van der Waals surface area contributed by atoms with E-state index in [1.165, 1.54) is 14.0 Å². The number of hydrogen-bond donors (Lipinski definition) is 2. The fraction of sp³-hybridized carbons (Fsp3) is 0.227. The molecule has 1 aromatic heterocycles. The monoisotopic (exact) mass is 409 g/mol. The maximum atomic E-state index is 12.4. The van der Waals surface area contributed by atoms with Gasteiger partial charge in [0.2, 0.25) is 5.91 Å². The van der Waals surface area contributed by atoms with Gasteiger partial charge in [0, 0.05) is 25.1 Å². The zero-order valence-corrected chi connectivity index (χ0v) is 16.8. The highest BCUT2D eigenvalue weighted by molar-refractivity contribution is 5.91. The third kappa shape index (κ3) is 6.10. The molecule has 0 unspecified atom stereocenters. The maximum Gasteiger partial charge on any atom is 0.308 e. The Labute approximate surface area is 174 Å². The summed E-state index contributed by atoms with van der Waals surface area (Å²) in [6, 6.07) is 12.5. The number of nitrogens with one attached hydrogen (secondary N) is 2. The maximum absolute atomic E-state index is 12.4. The van der Waals surface area contributed by atoms with Crippen LogP contribution in [0.3, 0.4) is 0 Å². The Hall–Kier alpha value is -3.81. The molecular weight excluding hydrogens is 386 g/mol. The van der Waals surface area contributed by atoms with E-state index in [0.717, 1.165) is 11.3 Å². The first-order chi connectivity index (χ1) is 14.5. The van der Waals surface area contributed by atoms with E-state index in [4.69, 9.17) is 14.2 Å². The number of rotatable bonds is 9. The van der Waals surface area contributed by atoms with Crippen LogP contribution in [0.2, 0.25) is 0 Å². The Morgan fingerprint density at radius 1 is 1.13 bits per heavy atom. The highest BCUT2D eigenvalue weighted by atomic mass is 16.6. The van der Waals surface area contributed by atoms with E-state index in [2.05, 4.69) is 15.3 Å². The third-order valence-corrected chi connectivity index (χ3v) is 4.19. The number of methoxy groups -OCH3 is 1. The van der Waals surface area contributed by atoms with Gasteiger partial charge in [0.05, 0.1) is 25.3 Å². The second kappa shape index (κ2) is 10.1. The van der Waals surface area contributed by atoms with Crippen LogP contribution in [0.1, 0.15) is 24.6 Å². The van der Waals surface area contributed by atoms with Gasteiger partial charge in [-0.2, -0.15) is 0 Å². The van der Waals surface area contributed by atoms with Gasteiger partial charge >= 0.3 is 5.97 Å². The Bertz CT molecular complexity index is 1000. The summed E-state index contributed by atoms with van der Waals surface area (Å²) in [5.41, 5.74) is 2.37. The number of carbonyl (C=O) groups excluding carboxylic acids is 2. The van der Waals surface area contributed by atoms with Gasteiger partial charge in [0.15, 0.2) is 11.5 Å². The number of H-pyrrole nitrogens is 1. The van der Waals surface area contributed by atoms with Gasteiger partial charge in [0.25, 0.3) is 0 Å². The largest absolute Gasteiger partial charge is 0.493 e. The predicted octanol–water partition coefficient (Wildman–Crippen LogP) is 3.49. The van der Waals surface area contributed by atoms with E-state index in [-0.39, 0.29) is 12.3 Å². The Kier molecular flexibility index (Phi) is 7.05. The van der Waals surface area contributed by atoms with Gasteiger partial charge in [-0.15, -0.1) is 0 Å². The summed E-state index contributed by atoms with van der Waals surface area (Å²) in [7, 11) is 1.50. The number of anilines is 1. The van der Waals surface area contributed by atoms with Crippen molar-refractivity contribution in [2.24, 2.45) is 0 Å². The zero-order valence-electron chi connectivity index (χ0n) is 16.8. The van der Waals surface area contributed by atoms with Crippen molar-refractivity contribution in [1.29, 1.82) is 0 Å². The SMILES string of the molecule is COc1ccc(CCC(=O)Nc2cccc(OCc3cnc[nH]3)c2)cc1OC(C)=O. The molecule has 0 bridgehead atoms. The summed E-state index contributed by atoms with van der Waals surface area (Å²) in [6.07, 6.45) is 4.04. The second-order valence-electron chi connectivity index (χ2n) is 6.52. The first-order valence-corrected chi connectivity index (χ1v) is 9.39. The van der Waals surface area contributed by atoms with Crippen molar-refractivity contribution in [3.63, 3.8) is 0 Å². The van der Waals surface area contributed by atoms with E-state index < -0.39 is 5.97 Å². The van der Waals surface area contributed by atoms with Crippen LogP contribution in [0.5, 0.6) is 17.2 Å². The fourth-order valence-electron chi connectivity index (χ4n) is 2.78.